The van der Waals surface area contributed by atoms with Crippen LogP contribution in [0.3, 0.4) is 0 Å². The van der Waals surface area contributed by atoms with Gasteiger partial charge in [0.05, 0.1) is 32.3 Å². The molecule has 0 aliphatic carbocycles. The molecule has 0 saturated heterocycles. The van der Waals surface area contributed by atoms with Crippen LogP contribution in [0.25, 0.3) is 0 Å². The molecule has 3 atom stereocenters. The molecule has 2 heterocycles. The van der Waals surface area contributed by atoms with E-state index in [9.17, 15) is 33.9 Å². The Morgan fingerprint density at radius 2 is 1.25 bits per heavy atom. The van der Waals surface area contributed by atoms with Gasteiger partial charge in [-0.25, -0.2) is 14.8 Å². The molecule has 218 valence electrons. The average Bonchev–Trinajstić information content (AvgIpc) is 3.62. The smallest absolute Gasteiger partial charge is 0.326 e. The maximum absolute atomic E-state index is 12.8. The highest BCUT2D eigenvalue weighted by Crippen LogP contribution is 2.02. The summed E-state index contributed by atoms with van der Waals surface area (Å²) in [7, 11) is 0. The van der Waals surface area contributed by atoms with Crippen molar-refractivity contribution in [2.24, 2.45) is 11.7 Å². The number of carboxylic acids is 1. The fourth-order valence-corrected chi connectivity index (χ4v) is 3.47. The summed E-state index contributed by atoms with van der Waals surface area (Å²) in [6.07, 6.45) is 5.75. The fraction of sp³-hybridized carbons (Fsp3) is 0.478. The topological polar surface area (TPSA) is 266 Å². The summed E-state index contributed by atoms with van der Waals surface area (Å²) in [5.74, 6) is -5.03. The lowest BCUT2D eigenvalue weighted by atomic mass is 10.0. The Morgan fingerprint density at radius 1 is 0.800 bits per heavy atom. The zero-order valence-electron chi connectivity index (χ0n) is 22.0. The van der Waals surface area contributed by atoms with E-state index in [1.165, 1.54) is 25.0 Å². The van der Waals surface area contributed by atoms with E-state index in [1.54, 1.807) is 13.8 Å². The summed E-state index contributed by atoms with van der Waals surface area (Å²) in [6.45, 7) is 1.84. The van der Waals surface area contributed by atoms with E-state index in [2.05, 4.69) is 46.5 Å². The number of carbonyl (C=O) groups excluding carboxylic acids is 5. The second-order valence-electron chi connectivity index (χ2n) is 9.07. The zero-order valence-corrected chi connectivity index (χ0v) is 22.0. The number of hydrogen-bond donors (Lipinski definition) is 9. The molecule has 17 heteroatoms. The second-order valence-corrected chi connectivity index (χ2v) is 9.07. The molecule has 5 amide bonds. The van der Waals surface area contributed by atoms with Crippen molar-refractivity contribution >= 4 is 35.5 Å². The van der Waals surface area contributed by atoms with Crippen LogP contribution in [0.15, 0.2) is 25.0 Å². The number of imidazole rings is 2. The molecule has 2 rings (SSSR count). The van der Waals surface area contributed by atoms with E-state index in [4.69, 9.17) is 5.73 Å². The monoisotopic (exact) mass is 562 g/mol. The number of H-pyrrole nitrogens is 2. The summed E-state index contributed by atoms with van der Waals surface area (Å²) in [4.78, 5) is 86.8. The van der Waals surface area contributed by atoms with Gasteiger partial charge in [-0.3, -0.25) is 24.0 Å². The number of hydrogen-bond acceptors (Lipinski definition) is 9. The van der Waals surface area contributed by atoms with E-state index in [0.29, 0.717) is 11.4 Å². The molecule has 0 aliphatic rings. The van der Waals surface area contributed by atoms with Crippen LogP contribution in [0.4, 0.5) is 0 Å². The Morgan fingerprint density at radius 3 is 1.62 bits per heavy atom. The van der Waals surface area contributed by atoms with Gasteiger partial charge in [0.25, 0.3) is 0 Å². The predicted molar refractivity (Wildman–Crippen MR) is 138 cm³/mol. The largest absolute Gasteiger partial charge is 0.480 e. The van der Waals surface area contributed by atoms with Crippen LogP contribution in [0.1, 0.15) is 25.2 Å². The molecule has 0 spiro atoms. The number of amides is 5. The maximum Gasteiger partial charge on any atom is 0.326 e. The highest BCUT2D eigenvalue weighted by molar-refractivity contribution is 5.94. The Kier molecular flexibility index (Phi) is 12.2. The summed E-state index contributed by atoms with van der Waals surface area (Å²) in [5, 5.41) is 21.3. The van der Waals surface area contributed by atoms with Crippen LogP contribution in [-0.4, -0.2) is 98.3 Å². The molecule has 0 saturated carbocycles. The first kappa shape index (κ1) is 31.4. The van der Waals surface area contributed by atoms with Crippen molar-refractivity contribution in [3.05, 3.63) is 36.4 Å². The highest BCUT2D eigenvalue weighted by atomic mass is 16.4. The molecule has 2 aromatic rings. The van der Waals surface area contributed by atoms with Crippen LogP contribution < -0.4 is 32.3 Å². The minimum atomic E-state index is -1.21. The Labute approximate surface area is 228 Å². The van der Waals surface area contributed by atoms with Crippen LogP contribution in [0, 0.1) is 5.92 Å². The van der Waals surface area contributed by atoms with E-state index >= 15 is 0 Å². The van der Waals surface area contributed by atoms with Gasteiger partial charge in [0.1, 0.15) is 18.1 Å². The zero-order chi connectivity index (χ0) is 29.7. The minimum Gasteiger partial charge on any atom is -0.480 e. The van der Waals surface area contributed by atoms with Gasteiger partial charge in [0, 0.05) is 36.6 Å². The Hall–Kier alpha value is -4.80. The SMILES string of the molecule is CC(C)[C@@H](NC(=O)CNC(=O)[C@H](Cc1cnc[nH]1)NC(=O)CNC(=O)[C@H](Cc1cnc[nH]1)NC(=O)CN)C(=O)O. The van der Waals surface area contributed by atoms with Gasteiger partial charge in [-0.15, -0.1) is 0 Å². The maximum atomic E-state index is 12.8. The minimum absolute atomic E-state index is 0.0219. The molecule has 0 aliphatic heterocycles. The molecule has 2 aromatic heterocycles. The summed E-state index contributed by atoms with van der Waals surface area (Å²) in [6, 6.07) is -3.36. The molecular weight excluding hydrogens is 528 g/mol. The van der Waals surface area contributed by atoms with Gasteiger partial charge >= 0.3 is 5.97 Å². The molecule has 40 heavy (non-hydrogen) atoms. The highest BCUT2D eigenvalue weighted by Gasteiger charge is 2.27. The molecule has 0 aromatic carbocycles. The summed E-state index contributed by atoms with van der Waals surface area (Å²) >= 11 is 0. The number of carboxylic acid groups (broad SMARTS) is 1. The lowest BCUT2D eigenvalue weighted by Crippen LogP contribution is -2.54. The van der Waals surface area contributed by atoms with Crippen LogP contribution in [0.5, 0.6) is 0 Å². The van der Waals surface area contributed by atoms with Gasteiger partial charge in [-0.05, 0) is 5.92 Å². The van der Waals surface area contributed by atoms with E-state index in [1.807, 2.05) is 0 Å². The molecule has 17 nitrogen and oxygen atoms in total. The van der Waals surface area contributed by atoms with Crippen molar-refractivity contribution in [1.29, 1.82) is 0 Å². The van der Waals surface area contributed by atoms with Crippen molar-refractivity contribution in [1.82, 2.24) is 46.5 Å². The van der Waals surface area contributed by atoms with Crippen LogP contribution in [0.2, 0.25) is 0 Å². The van der Waals surface area contributed by atoms with E-state index in [0.717, 1.165) is 0 Å². The van der Waals surface area contributed by atoms with Gasteiger partial charge in [-0.2, -0.15) is 0 Å². The third-order valence-corrected chi connectivity index (χ3v) is 5.54. The van der Waals surface area contributed by atoms with Crippen molar-refractivity contribution in [2.45, 2.75) is 44.8 Å². The van der Waals surface area contributed by atoms with Crippen molar-refractivity contribution < 1.29 is 33.9 Å². The molecule has 0 fully saturated rings. The third-order valence-electron chi connectivity index (χ3n) is 5.54. The van der Waals surface area contributed by atoms with Crippen LogP contribution in [-0.2, 0) is 41.6 Å². The number of aromatic nitrogens is 4. The van der Waals surface area contributed by atoms with Gasteiger partial charge in [-0.1, -0.05) is 13.8 Å². The first-order chi connectivity index (χ1) is 19.0. The molecule has 0 bridgehead atoms. The van der Waals surface area contributed by atoms with Crippen LogP contribution >= 0.6 is 0 Å². The normalized spacial score (nSPS) is 13.0. The summed E-state index contributed by atoms with van der Waals surface area (Å²) in [5.41, 5.74) is 6.39. The lowest BCUT2D eigenvalue weighted by Gasteiger charge is -2.21. The van der Waals surface area contributed by atoms with E-state index < -0.39 is 66.7 Å². The number of rotatable bonds is 16. The van der Waals surface area contributed by atoms with Gasteiger partial charge in [0.2, 0.25) is 29.5 Å². The number of carbonyl (C=O) groups is 6. The standard InChI is InChI=1S/C23H34N10O7/c1-12(2)20(23(39)40)33-19(36)9-28-22(38)16(4-14-7-26-11-30-14)32-18(35)8-27-21(37)15(31-17(34)5-24)3-13-6-25-10-29-13/h6-7,10-12,15-16,20H,3-5,8-9,24H2,1-2H3,(H,25,29)(H,26,30)(H,27,37)(H,28,38)(H,31,34)(H,32,35)(H,33,36)(H,39,40)/t15-,16-,20+/m0/s1. The average molecular weight is 563 g/mol. The first-order valence-electron chi connectivity index (χ1n) is 12.3. The summed E-state index contributed by atoms with van der Waals surface area (Å²) < 4.78 is 0. The molecule has 0 unspecified atom stereocenters. The number of nitrogens with two attached hydrogens (primary N) is 1. The fourth-order valence-electron chi connectivity index (χ4n) is 3.47. The van der Waals surface area contributed by atoms with E-state index in [-0.39, 0.29) is 25.3 Å². The number of nitrogens with zero attached hydrogens (tertiary/aromatic N) is 2. The van der Waals surface area contributed by atoms with Crippen molar-refractivity contribution in [3.63, 3.8) is 0 Å². The number of aliphatic carboxylic acids is 1. The molecule has 0 radical (unpaired) electrons. The van der Waals surface area contributed by atoms with Crippen molar-refractivity contribution in [2.75, 3.05) is 19.6 Å². The van der Waals surface area contributed by atoms with Gasteiger partial charge in [0.15, 0.2) is 0 Å². The number of nitrogens with one attached hydrogen (secondary N) is 7. The number of aromatic amines is 2. The predicted octanol–water partition coefficient (Wildman–Crippen LogP) is -3.70. The quantitative estimate of drug-likeness (QED) is 0.0966. The first-order valence-corrected chi connectivity index (χ1v) is 12.3. The Balaban J connectivity index is 1.98. The molecular formula is C23H34N10O7. The van der Waals surface area contributed by atoms with Gasteiger partial charge < -0.3 is 47.4 Å². The van der Waals surface area contributed by atoms with Crippen molar-refractivity contribution in [3.8, 4) is 0 Å². The third kappa shape index (κ3) is 10.5. The second kappa shape index (κ2) is 15.6. The lowest BCUT2D eigenvalue weighted by molar-refractivity contribution is -0.143. The Bertz CT molecular complexity index is 1150. The molecule has 10 N–H and O–H groups in total.